The van der Waals surface area contributed by atoms with E-state index in [-0.39, 0.29) is 6.61 Å². The smallest absolute Gasteiger partial charge is 0.408 e. The van der Waals surface area contributed by atoms with E-state index in [2.05, 4.69) is 5.32 Å². The number of carbonyl (C=O) groups excluding carboxylic acids is 2. The van der Waals surface area contributed by atoms with E-state index < -0.39 is 18.1 Å². The maximum Gasteiger partial charge on any atom is 0.408 e. The van der Waals surface area contributed by atoms with Crippen molar-refractivity contribution in [3.05, 3.63) is 66.2 Å². The predicted octanol–water partition coefficient (Wildman–Crippen LogP) is 2.91. The minimum atomic E-state index is -0.802. The number of para-hydroxylation sites is 1. The molecule has 2 rings (SSSR count). The SMILES string of the molecule is C[C@@H](NC(=O)OCc1ccccc1)C(=O)Oc1ccccc1. The van der Waals surface area contributed by atoms with Crippen LogP contribution in [0.15, 0.2) is 60.7 Å². The number of ether oxygens (including phenoxy) is 2. The molecule has 0 saturated heterocycles. The van der Waals surface area contributed by atoms with Gasteiger partial charge in [0.1, 0.15) is 18.4 Å². The quantitative estimate of drug-likeness (QED) is 0.681. The summed E-state index contributed by atoms with van der Waals surface area (Å²) >= 11 is 0. The molecule has 0 aliphatic heterocycles. The largest absolute Gasteiger partial charge is 0.445 e. The van der Waals surface area contributed by atoms with Gasteiger partial charge in [-0.25, -0.2) is 9.59 Å². The summed E-state index contributed by atoms with van der Waals surface area (Å²) in [6, 6.07) is 17.2. The molecule has 0 fully saturated rings. The highest BCUT2D eigenvalue weighted by molar-refractivity contribution is 5.82. The Kier molecular flexibility index (Phi) is 5.54. The summed E-state index contributed by atoms with van der Waals surface area (Å²) in [5.41, 5.74) is 0.872. The second-order valence-corrected chi connectivity index (χ2v) is 4.66. The van der Waals surface area contributed by atoms with Gasteiger partial charge in [0.15, 0.2) is 0 Å². The van der Waals surface area contributed by atoms with E-state index in [9.17, 15) is 9.59 Å². The number of hydrogen-bond acceptors (Lipinski definition) is 4. The number of hydrogen-bond donors (Lipinski definition) is 1. The Labute approximate surface area is 128 Å². The van der Waals surface area contributed by atoms with Crippen LogP contribution in [0.1, 0.15) is 12.5 Å². The summed E-state index contributed by atoms with van der Waals surface area (Å²) in [4.78, 5) is 23.5. The molecule has 0 radical (unpaired) electrons. The summed E-state index contributed by atoms with van der Waals surface area (Å²) in [5, 5.41) is 2.43. The van der Waals surface area contributed by atoms with Crippen molar-refractivity contribution in [2.75, 3.05) is 0 Å². The average molecular weight is 299 g/mol. The van der Waals surface area contributed by atoms with Gasteiger partial charge in [-0.2, -0.15) is 0 Å². The fraction of sp³-hybridized carbons (Fsp3) is 0.176. The molecular formula is C17H17NO4. The number of alkyl carbamates (subject to hydrolysis) is 1. The lowest BCUT2D eigenvalue weighted by Crippen LogP contribution is -2.41. The molecule has 114 valence electrons. The minimum absolute atomic E-state index is 0.146. The lowest BCUT2D eigenvalue weighted by molar-refractivity contribution is -0.136. The molecule has 1 amide bonds. The molecule has 5 heteroatoms. The molecule has 0 saturated carbocycles. The van der Waals surface area contributed by atoms with Crippen LogP contribution in [0, 0.1) is 0 Å². The molecule has 2 aromatic rings. The maximum atomic E-state index is 11.8. The average Bonchev–Trinajstić information content (AvgIpc) is 2.55. The van der Waals surface area contributed by atoms with Gasteiger partial charge < -0.3 is 14.8 Å². The Balaban J connectivity index is 1.77. The summed E-state index contributed by atoms with van der Waals surface area (Å²) in [6.07, 6.45) is -0.665. The van der Waals surface area contributed by atoms with E-state index in [1.54, 1.807) is 24.3 Å². The van der Waals surface area contributed by atoms with Crippen molar-refractivity contribution in [3.8, 4) is 5.75 Å². The Hall–Kier alpha value is -2.82. The number of amides is 1. The van der Waals surface area contributed by atoms with Crippen molar-refractivity contribution in [1.29, 1.82) is 0 Å². The molecule has 0 bridgehead atoms. The third-order valence-electron chi connectivity index (χ3n) is 2.86. The number of rotatable bonds is 5. The van der Waals surface area contributed by atoms with Crippen LogP contribution in [0.5, 0.6) is 5.75 Å². The van der Waals surface area contributed by atoms with Gasteiger partial charge in [-0.3, -0.25) is 0 Å². The van der Waals surface area contributed by atoms with E-state index in [1.807, 2.05) is 36.4 Å². The molecule has 2 aromatic carbocycles. The molecule has 1 N–H and O–H groups in total. The van der Waals surface area contributed by atoms with Crippen LogP contribution in [0.4, 0.5) is 4.79 Å². The zero-order valence-electron chi connectivity index (χ0n) is 12.2. The highest BCUT2D eigenvalue weighted by atomic mass is 16.6. The monoisotopic (exact) mass is 299 g/mol. The van der Waals surface area contributed by atoms with Crippen LogP contribution in [-0.4, -0.2) is 18.1 Å². The highest BCUT2D eigenvalue weighted by Crippen LogP contribution is 2.09. The molecule has 0 heterocycles. The molecule has 0 unspecified atom stereocenters. The van der Waals surface area contributed by atoms with Gasteiger partial charge in [-0.05, 0) is 24.6 Å². The first-order valence-electron chi connectivity index (χ1n) is 6.89. The van der Waals surface area contributed by atoms with Crippen LogP contribution in [0.25, 0.3) is 0 Å². The van der Waals surface area contributed by atoms with Gasteiger partial charge in [0.25, 0.3) is 0 Å². The van der Waals surface area contributed by atoms with Crippen molar-refractivity contribution in [1.82, 2.24) is 5.32 Å². The van der Waals surface area contributed by atoms with E-state index in [4.69, 9.17) is 9.47 Å². The molecule has 5 nitrogen and oxygen atoms in total. The van der Waals surface area contributed by atoms with Gasteiger partial charge in [0.05, 0.1) is 0 Å². The van der Waals surface area contributed by atoms with Gasteiger partial charge in [0, 0.05) is 0 Å². The Morgan fingerprint density at radius 1 is 1.00 bits per heavy atom. The van der Waals surface area contributed by atoms with Crippen LogP contribution >= 0.6 is 0 Å². The van der Waals surface area contributed by atoms with Gasteiger partial charge in [-0.1, -0.05) is 48.5 Å². The molecule has 1 atom stereocenters. The maximum absolute atomic E-state index is 11.8. The van der Waals surface area contributed by atoms with Crippen molar-refractivity contribution in [3.63, 3.8) is 0 Å². The third-order valence-corrected chi connectivity index (χ3v) is 2.86. The highest BCUT2D eigenvalue weighted by Gasteiger charge is 2.18. The summed E-state index contributed by atoms with van der Waals surface area (Å²) in [7, 11) is 0. The summed E-state index contributed by atoms with van der Waals surface area (Å²) < 4.78 is 10.2. The van der Waals surface area contributed by atoms with E-state index in [0.29, 0.717) is 5.75 Å². The topological polar surface area (TPSA) is 64.6 Å². The number of esters is 1. The molecule has 0 spiro atoms. The fourth-order valence-corrected chi connectivity index (χ4v) is 1.69. The predicted molar refractivity (Wildman–Crippen MR) is 81.3 cm³/mol. The lowest BCUT2D eigenvalue weighted by atomic mass is 10.2. The van der Waals surface area contributed by atoms with Crippen LogP contribution < -0.4 is 10.1 Å². The number of benzene rings is 2. The summed E-state index contributed by atoms with van der Waals surface area (Å²) in [6.45, 7) is 1.68. The Bertz CT molecular complexity index is 613. The number of nitrogens with one attached hydrogen (secondary N) is 1. The fourth-order valence-electron chi connectivity index (χ4n) is 1.69. The van der Waals surface area contributed by atoms with Crippen molar-refractivity contribution >= 4 is 12.1 Å². The molecule has 0 aliphatic rings. The van der Waals surface area contributed by atoms with E-state index in [1.165, 1.54) is 6.92 Å². The lowest BCUT2D eigenvalue weighted by Gasteiger charge is -2.13. The van der Waals surface area contributed by atoms with E-state index in [0.717, 1.165) is 5.56 Å². The second-order valence-electron chi connectivity index (χ2n) is 4.66. The third kappa shape index (κ3) is 4.94. The van der Waals surface area contributed by atoms with Gasteiger partial charge >= 0.3 is 12.1 Å². The van der Waals surface area contributed by atoms with Crippen molar-refractivity contribution in [2.45, 2.75) is 19.6 Å². The molecule has 0 aliphatic carbocycles. The minimum Gasteiger partial charge on any atom is -0.445 e. The summed E-state index contributed by atoms with van der Waals surface area (Å²) in [5.74, 6) is -0.123. The van der Waals surface area contributed by atoms with E-state index >= 15 is 0 Å². The van der Waals surface area contributed by atoms with Crippen molar-refractivity contribution in [2.24, 2.45) is 0 Å². The molecular weight excluding hydrogens is 282 g/mol. The van der Waals surface area contributed by atoms with Crippen LogP contribution in [0.2, 0.25) is 0 Å². The second kappa shape index (κ2) is 7.83. The van der Waals surface area contributed by atoms with Crippen LogP contribution in [0.3, 0.4) is 0 Å². The first kappa shape index (κ1) is 15.6. The zero-order valence-corrected chi connectivity index (χ0v) is 12.2. The number of carbonyl (C=O) groups is 2. The Morgan fingerprint density at radius 2 is 1.59 bits per heavy atom. The zero-order chi connectivity index (χ0) is 15.8. The van der Waals surface area contributed by atoms with Gasteiger partial charge in [-0.15, -0.1) is 0 Å². The van der Waals surface area contributed by atoms with Crippen molar-refractivity contribution < 1.29 is 19.1 Å². The van der Waals surface area contributed by atoms with Gasteiger partial charge in [0.2, 0.25) is 0 Å². The first-order chi connectivity index (χ1) is 10.6. The molecule has 22 heavy (non-hydrogen) atoms. The first-order valence-corrected chi connectivity index (χ1v) is 6.89. The standard InChI is InChI=1S/C17H17NO4/c1-13(16(19)22-15-10-6-3-7-11-15)18-17(20)21-12-14-8-4-2-5-9-14/h2-11,13H,12H2,1H3,(H,18,20)/t13-/m1/s1. The Morgan fingerprint density at radius 3 is 2.23 bits per heavy atom. The normalized spacial score (nSPS) is 11.3. The molecule has 0 aromatic heterocycles. The van der Waals surface area contributed by atoms with Crippen LogP contribution in [-0.2, 0) is 16.1 Å².